The third-order valence-corrected chi connectivity index (χ3v) is 4.17. The quantitative estimate of drug-likeness (QED) is 0.113. The van der Waals surface area contributed by atoms with Crippen molar-refractivity contribution in [2.45, 2.75) is 19.8 Å². The fourth-order valence-electron chi connectivity index (χ4n) is 2.48. The molecule has 0 unspecified atom stereocenters. The van der Waals surface area contributed by atoms with E-state index in [1.807, 2.05) is 24.3 Å². The van der Waals surface area contributed by atoms with E-state index in [1.54, 1.807) is 43.3 Å². The van der Waals surface area contributed by atoms with Gasteiger partial charge in [0.1, 0.15) is 11.5 Å². The molecule has 172 valence electrons. The van der Waals surface area contributed by atoms with Crippen LogP contribution < -0.4 is 9.47 Å². The molecular formula is C26H26O7. The zero-order chi connectivity index (χ0) is 24.1. The zero-order valence-corrected chi connectivity index (χ0v) is 18.5. The van der Waals surface area contributed by atoms with Gasteiger partial charge in [-0.05, 0) is 55.2 Å². The molecular weight excluding hydrogens is 424 g/mol. The summed E-state index contributed by atoms with van der Waals surface area (Å²) in [4.78, 5) is 34.2. The van der Waals surface area contributed by atoms with E-state index in [9.17, 15) is 14.4 Å². The van der Waals surface area contributed by atoms with Gasteiger partial charge in [0, 0.05) is 11.6 Å². The molecule has 0 spiro atoms. The maximum absolute atomic E-state index is 11.8. The van der Waals surface area contributed by atoms with Crippen molar-refractivity contribution in [3.63, 3.8) is 0 Å². The highest BCUT2D eigenvalue weighted by Gasteiger charge is 2.08. The third kappa shape index (κ3) is 9.26. The van der Waals surface area contributed by atoms with E-state index in [-0.39, 0.29) is 13.2 Å². The highest BCUT2D eigenvalue weighted by molar-refractivity contribution is 5.88. The molecule has 0 aromatic heterocycles. The predicted octanol–water partition coefficient (Wildman–Crippen LogP) is 5.42. The minimum atomic E-state index is -0.792. The van der Waals surface area contributed by atoms with Crippen molar-refractivity contribution in [3.05, 3.63) is 85.5 Å². The minimum absolute atomic E-state index is 0.169. The molecule has 33 heavy (non-hydrogen) atoms. The summed E-state index contributed by atoms with van der Waals surface area (Å²) in [7, 11) is 0. The Morgan fingerprint density at radius 3 is 1.76 bits per heavy atom. The lowest BCUT2D eigenvalue weighted by Gasteiger charge is -2.07. The Kier molecular flexibility index (Phi) is 10.1. The van der Waals surface area contributed by atoms with Crippen molar-refractivity contribution < 1.29 is 33.3 Å². The van der Waals surface area contributed by atoms with E-state index in [1.165, 1.54) is 0 Å². The molecule has 0 bridgehead atoms. The van der Waals surface area contributed by atoms with Crippen LogP contribution in [-0.2, 0) is 19.1 Å². The van der Waals surface area contributed by atoms with Crippen LogP contribution in [0.15, 0.2) is 85.5 Å². The molecule has 0 amide bonds. The molecule has 0 aliphatic carbocycles. The number of rotatable bonds is 11. The standard InChI is InChI=1S/C26H26O7/c1-4-24(27)30-17-7-5-6-8-18-31-26(29)33-23-15-11-21(12-16-23)20-9-13-22(14-10-20)32-25(28)19(2)3/h4-6,9-16H,1-2,7-8,17-18H2,3H3/b6-5-. The van der Waals surface area contributed by atoms with Crippen molar-refractivity contribution in [1.82, 2.24) is 0 Å². The van der Waals surface area contributed by atoms with Crippen LogP contribution in [0.2, 0.25) is 0 Å². The predicted molar refractivity (Wildman–Crippen MR) is 124 cm³/mol. The normalized spacial score (nSPS) is 10.3. The first-order valence-corrected chi connectivity index (χ1v) is 10.3. The lowest BCUT2D eigenvalue weighted by Crippen LogP contribution is -2.11. The molecule has 0 fully saturated rings. The molecule has 0 atom stereocenters. The number of hydrogen-bond acceptors (Lipinski definition) is 7. The van der Waals surface area contributed by atoms with Gasteiger partial charge in [0.25, 0.3) is 0 Å². The number of ether oxygens (including phenoxy) is 4. The van der Waals surface area contributed by atoms with Crippen molar-refractivity contribution in [1.29, 1.82) is 0 Å². The first-order chi connectivity index (χ1) is 15.9. The summed E-state index contributed by atoms with van der Waals surface area (Å²) in [5.41, 5.74) is 2.14. The minimum Gasteiger partial charge on any atom is -0.462 e. The van der Waals surface area contributed by atoms with Gasteiger partial charge in [-0.25, -0.2) is 14.4 Å². The molecule has 7 nitrogen and oxygen atoms in total. The van der Waals surface area contributed by atoms with E-state index in [0.29, 0.717) is 29.9 Å². The van der Waals surface area contributed by atoms with Crippen LogP contribution in [0, 0.1) is 0 Å². The third-order valence-electron chi connectivity index (χ3n) is 4.17. The SMILES string of the molecule is C=CC(=O)OCC/C=C\CCOC(=O)Oc1ccc(-c2ccc(OC(=O)C(=C)C)cc2)cc1. The first kappa shape index (κ1) is 25.1. The van der Waals surface area contributed by atoms with Crippen molar-refractivity contribution in [2.75, 3.05) is 13.2 Å². The lowest BCUT2D eigenvalue weighted by atomic mass is 10.1. The van der Waals surface area contributed by atoms with Gasteiger partial charge in [0.2, 0.25) is 0 Å². The average Bonchev–Trinajstić information content (AvgIpc) is 2.81. The highest BCUT2D eigenvalue weighted by Crippen LogP contribution is 2.25. The van der Waals surface area contributed by atoms with Gasteiger partial charge in [-0.2, -0.15) is 0 Å². The topological polar surface area (TPSA) is 88.1 Å². The highest BCUT2D eigenvalue weighted by atomic mass is 16.7. The van der Waals surface area contributed by atoms with Crippen LogP contribution >= 0.6 is 0 Å². The summed E-state index contributed by atoms with van der Waals surface area (Å²) in [6.45, 7) is 8.88. The van der Waals surface area contributed by atoms with Crippen LogP contribution in [0.4, 0.5) is 4.79 Å². The molecule has 0 aliphatic rings. The van der Waals surface area contributed by atoms with Gasteiger partial charge in [-0.1, -0.05) is 49.6 Å². The molecule has 0 aliphatic heterocycles. The van der Waals surface area contributed by atoms with Crippen LogP contribution in [0.25, 0.3) is 11.1 Å². The Morgan fingerprint density at radius 2 is 1.27 bits per heavy atom. The molecule has 2 aromatic carbocycles. The van der Waals surface area contributed by atoms with E-state index < -0.39 is 18.1 Å². The Hall–Kier alpha value is -4.13. The lowest BCUT2D eigenvalue weighted by molar-refractivity contribution is -0.137. The summed E-state index contributed by atoms with van der Waals surface area (Å²) in [5, 5.41) is 0. The largest absolute Gasteiger partial charge is 0.513 e. The summed E-state index contributed by atoms with van der Waals surface area (Å²) < 4.78 is 20.2. The Bertz CT molecular complexity index is 1000. The second kappa shape index (κ2) is 13.3. The Morgan fingerprint density at radius 1 is 0.788 bits per heavy atom. The monoisotopic (exact) mass is 450 g/mol. The summed E-state index contributed by atoms with van der Waals surface area (Å²) in [6, 6.07) is 14.0. The molecule has 0 heterocycles. The van der Waals surface area contributed by atoms with Gasteiger partial charge in [0.05, 0.1) is 13.2 Å². The molecule has 2 rings (SSSR count). The van der Waals surface area contributed by atoms with Gasteiger partial charge in [0.15, 0.2) is 0 Å². The van der Waals surface area contributed by atoms with E-state index in [4.69, 9.17) is 18.9 Å². The van der Waals surface area contributed by atoms with Gasteiger partial charge >= 0.3 is 18.1 Å². The number of esters is 2. The van der Waals surface area contributed by atoms with Crippen molar-refractivity contribution in [2.24, 2.45) is 0 Å². The van der Waals surface area contributed by atoms with E-state index >= 15 is 0 Å². The summed E-state index contributed by atoms with van der Waals surface area (Å²) in [5.74, 6) is -0.142. The van der Waals surface area contributed by atoms with Crippen molar-refractivity contribution in [3.8, 4) is 22.6 Å². The Balaban J connectivity index is 1.73. The molecule has 0 N–H and O–H groups in total. The van der Waals surface area contributed by atoms with Crippen LogP contribution in [0.1, 0.15) is 19.8 Å². The molecule has 0 saturated heterocycles. The van der Waals surface area contributed by atoms with E-state index in [2.05, 4.69) is 13.2 Å². The maximum Gasteiger partial charge on any atom is 0.513 e. The molecule has 2 aromatic rings. The van der Waals surface area contributed by atoms with E-state index in [0.717, 1.165) is 17.2 Å². The number of benzene rings is 2. The summed E-state index contributed by atoms with van der Waals surface area (Å²) >= 11 is 0. The second-order valence-electron chi connectivity index (χ2n) is 6.84. The number of hydrogen-bond donors (Lipinski definition) is 0. The Labute approximate surface area is 192 Å². The average molecular weight is 450 g/mol. The van der Waals surface area contributed by atoms with Gasteiger partial charge in [-0.3, -0.25) is 0 Å². The second-order valence-corrected chi connectivity index (χ2v) is 6.84. The summed E-state index contributed by atoms with van der Waals surface area (Å²) in [6.07, 6.45) is 5.06. The van der Waals surface area contributed by atoms with Gasteiger partial charge < -0.3 is 18.9 Å². The van der Waals surface area contributed by atoms with Crippen LogP contribution in [-0.4, -0.2) is 31.3 Å². The van der Waals surface area contributed by atoms with Crippen LogP contribution in [0.3, 0.4) is 0 Å². The smallest absolute Gasteiger partial charge is 0.462 e. The fourth-order valence-corrected chi connectivity index (χ4v) is 2.48. The number of carbonyl (C=O) groups excluding carboxylic acids is 3. The molecule has 7 heteroatoms. The molecule has 0 radical (unpaired) electrons. The van der Waals surface area contributed by atoms with Crippen LogP contribution in [0.5, 0.6) is 11.5 Å². The zero-order valence-electron chi connectivity index (χ0n) is 18.5. The maximum atomic E-state index is 11.8. The van der Waals surface area contributed by atoms with Crippen molar-refractivity contribution >= 4 is 18.1 Å². The number of carbonyl (C=O) groups is 3. The first-order valence-electron chi connectivity index (χ1n) is 10.3. The molecule has 0 saturated carbocycles. The van der Waals surface area contributed by atoms with Gasteiger partial charge in [-0.15, -0.1) is 0 Å². The fraction of sp³-hybridized carbons (Fsp3) is 0.192.